The highest BCUT2D eigenvalue weighted by Gasteiger charge is 2.40. The number of ketones is 1. The summed E-state index contributed by atoms with van der Waals surface area (Å²) in [4.78, 5) is 23.6. The third kappa shape index (κ3) is 3.82. The van der Waals surface area contributed by atoms with Crippen molar-refractivity contribution >= 4 is 11.8 Å². The zero-order valence-electron chi connectivity index (χ0n) is 12.2. The number of hydrogen-bond donors (Lipinski definition) is 1. The maximum Gasteiger partial charge on any atom is 0.373 e. The summed E-state index contributed by atoms with van der Waals surface area (Å²) in [5.74, 6) is -1.50. The first kappa shape index (κ1) is 15.7. The minimum absolute atomic E-state index is 0.0970. The van der Waals surface area contributed by atoms with Crippen molar-refractivity contribution in [1.29, 1.82) is 0 Å². The highest BCUT2D eigenvalue weighted by molar-refractivity contribution is 5.99. The van der Waals surface area contributed by atoms with Crippen LogP contribution in [-0.2, 0) is 14.3 Å². The fraction of sp³-hybridized carbons (Fsp3) is 0.733. The monoisotopic (exact) mass is 268 g/mol. The number of hydrogen-bond acceptors (Lipinski definition) is 4. The SMILES string of the molecule is CCOC(=O)/C(O)=C/C(=O)C1C(C)CCCC1(C)C. The van der Waals surface area contributed by atoms with E-state index in [4.69, 9.17) is 0 Å². The Morgan fingerprint density at radius 2 is 2.05 bits per heavy atom. The summed E-state index contributed by atoms with van der Waals surface area (Å²) < 4.78 is 4.66. The highest BCUT2D eigenvalue weighted by Crippen LogP contribution is 2.44. The molecule has 0 saturated heterocycles. The predicted octanol–water partition coefficient (Wildman–Crippen LogP) is 3.02. The van der Waals surface area contributed by atoms with Crippen LogP contribution in [0.4, 0.5) is 0 Å². The van der Waals surface area contributed by atoms with E-state index in [9.17, 15) is 14.7 Å². The van der Waals surface area contributed by atoms with E-state index in [-0.39, 0.29) is 29.6 Å². The van der Waals surface area contributed by atoms with Gasteiger partial charge in [-0.15, -0.1) is 0 Å². The van der Waals surface area contributed by atoms with Crippen molar-refractivity contribution < 1.29 is 19.4 Å². The molecule has 0 spiro atoms. The van der Waals surface area contributed by atoms with Crippen molar-refractivity contribution in [2.75, 3.05) is 6.61 Å². The predicted molar refractivity (Wildman–Crippen MR) is 72.6 cm³/mol. The molecule has 0 amide bonds. The summed E-state index contributed by atoms with van der Waals surface area (Å²) in [5.41, 5.74) is -0.0970. The van der Waals surface area contributed by atoms with Crippen molar-refractivity contribution in [1.82, 2.24) is 0 Å². The number of carbonyl (C=O) groups is 2. The van der Waals surface area contributed by atoms with Crippen LogP contribution in [-0.4, -0.2) is 23.5 Å². The summed E-state index contributed by atoms with van der Waals surface area (Å²) in [6, 6.07) is 0. The fourth-order valence-corrected chi connectivity index (χ4v) is 3.13. The van der Waals surface area contributed by atoms with E-state index in [1.54, 1.807) is 6.92 Å². The van der Waals surface area contributed by atoms with E-state index in [1.165, 1.54) is 0 Å². The van der Waals surface area contributed by atoms with Crippen molar-refractivity contribution in [3.05, 3.63) is 11.8 Å². The first-order valence-electron chi connectivity index (χ1n) is 6.91. The van der Waals surface area contributed by atoms with Gasteiger partial charge in [0.15, 0.2) is 5.78 Å². The highest BCUT2D eigenvalue weighted by atomic mass is 16.5. The summed E-state index contributed by atoms with van der Waals surface area (Å²) in [6.07, 6.45) is 4.15. The smallest absolute Gasteiger partial charge is 0.373 e. The maximum atomic E-state index is 12.3. The second-order valence-corrected chi connectivity index (χ2v) is 5.99. The van der Waals surface area contributed by atoms with Crippen LogP contribution in [0.5, 0.6) is 0 Å². The van der Waals surface area contributed by atoms with Gasteiger partial charge in [-0.2, -0.15) is 0 Å². The number of aliphatic hydroxyl groups is 1. The third-order valence-electron chi connectivity index (χ3n) is 3.96. The summed E-state index contributed by atoms with van der Waals surface area (Å²) >= 11 is 0. The molecule has 1 aliphatic carbocycles. The van der Waals surface area contributed by atoms with Gasteiger partial charge in [0, 0.05) is 12.0 Å². The average Bonchev–Trinajstić information content (AvgIpc) is 2.27. The Labute approximate surface area is 114 Å². The number of aliphatic hydroxyl groups excluding tert-OH is 1. The molecule has 1 fully saturated rings. The molecule has 4 nitrogen and oxygen atoms in total. The zero-order valence-corrected chi connectivity index (χ0v) is 12.2. The Morgan fingerprint density at radius 1 is 1.42 bits per heavy atom. The first-order chi connectivity index (χ1) is 8.79. The lowest BCUT2D eigenvalue weighted by Crippen LogP contribution is -2.38. The van der Waals surface area contributed by atoms with Crippen LogP contribution >= 0.6 is 0 Å². The van der Waals surface area contributed by atoms with E-state index in [1.807, 2.05) is 0 Å². The third-order valence-corrected chi connectivity index (χ3v) is 3.96. The molecule has 0 aromatic heterocycles. The van der Waals surface area contributed by atoms with Crippen LogP contribution in [0.15, 0.2) is 11.8 Å². The average molecular weight is 268 g/mol. The van der Waals surface area contributed by atoms with Crippen LogP contribution < -0.4 is 0 Å². The molecule has 2 unspecified atom stereocenters. The molecule has 0 aromatic rings. The molecule has 1 saturated carbocycles. The van der Waals surface area contributed by atoms with Gasteiger partial charge in [-0.05, 0) is 31.1 Å². The number of allylic oxidation sites excluding steroid dienone is 1. The molecular weight excluding hydrogens is 244 g/mol. The number of carbonyl (C=O) groups excluding carboxylic acids is 2. The maximum absolute atomic E-state index is 12.3. The van der Waals surface area contributed by atoms with Gasteiger partial charge in [-0.3, -0.25) is 4.79 Å². The van der Waals surface area contributed by atoms with Crippen LogP contribution in [0.3, 0.4) is 0 Å². The zero-order chi connectivity index (χ0) is 14.6. The Bertz CT molecular complexity index is 382. The van der Waals surface area contributed by atoms with Crippen LogP contribution in [0.25, 0.3) is 0 Å². The molecule has 0 aromatic carbocycles. The minimum atomic E-state index is -0.836. The van der Waals surface area contributed by atoms with Crippen LogP contribution in [0.2, 0.25) is 0 Å². The Kier molecular flexibility index (Phi) is 5.15. The van der Waals surface area contributed by atoms with E-state index in [0.717, 1.165) is 25.3 Å². The van der Waals surface area contributed by atoms with Gasteiger partial charge in [0.1, 0.15) is 0 Å². The van der Waals surface area contributed by atoms with E-state index in [0.29, 0.717) is 0 Å². The number of ether oxygens (including phenoxy) is 1. The molecule has 4 heteroatoms. The lowest BCUT2D eigenvalue weighted by molar-refractivity contribution is -0.142. The molecule has 2 atom stereocenters. The summed E-state index contributed by atoms with van der Waals surface area (Å²) in [6.45, 7) is 8.02. The summed E-state index contributed by atoms with van der Waals surface area (Å²) in [5, 5.41) is 9.57. The summed E-state index contributed by atoms with van der Waals surface area (Å²) in [7, 11) is 0. The van der Waals surface area contributed by atoms with Crippen molar-refractivity contribution in [3.63, 3.8) is 0 Å². The van der Waals surface area contributed by atoms with E-state index in [2.05, 4.69) is 25.5 Å². The van der Waals surface area contributed by atoms with Crippen LogP contribution in [0, 0.1) is 17.3 Å². The topological polar surface area (TPSA) is 63.6 Å². The van der Waals surface area contributed by atoms with Gasteiger partial charge in [0.25, 0.3) is 0 Å². The van der Waals surface area contributed by atoms with Gasteiger partial charge in [0.2, 0.25) is 5.76 Å². The van der Waals surface area contributed by atoms with Crippen molar-refractivity contribution in [3.8, 4) is 0 Å². The standard InChI is InChI=1S/C15H24O4/c1-5-19-14(18)12(17)9-11(16)13-10(2)7-6-8-15(13,3)4/h9-10,13,17H,5-8H2,1-4H3/b12-9-. The van der Waals surface area contributed by atoms with E-state index < -0.39 is 11.7 Å². The van der Waals surface area contributed by atoms with Gasteiger partial charge in [0.05, 0.1) is 6.61 Å². The Balaban J connectivity index is 2.86. The minimum Gasteiger partial charge on any atom is -0.502 e. The lowest BCUT2D eigenvalue weighted by atomic mass is 9.62. The van der Waals surface area contributed by atoms with Gasteiger partial charge in [-0.1, -0.05) is 27.2 Å². The molecule has 1 rings (SSSR count). The van der Waals surface area contributed by atoms with E-state index >= 15 is 0 Å². The molecule has 0 heterocycles. The molecule has 1 aliphatic rings. The van der Waals surface area contributed by atoms with Crippen molar-refractivity contribution in [2.45, 2.75) is 47.0 Å². The molecule has 19 heavy (non-hydrogen) atoms. The second kappa shape index (κ2) is 6.22. The molecule has 0 aliphatic heterocycles. The van der Waals surface area contributed by atoms with Crippen LogP contribution in [0.1, 0.15) is 47.0 Å². The normalized spacial score (nSPS) is 26.8. The number of rotatable bonds is 4. The molecule has 1 N–H and O–H groups in total. The number of esters is 1. The van der Waals surface area contributed by atoms with Crippen molar-refractivity contribution in [2.24, 2.45) is 17.3 Å². The van der Waals surface area contributed by atoms with Gasteiger partial charge < -0.3 is 9.84 Å². The fourth-order valence-electron chi connectivity index (χ4n) is 3.13. The quantitative estimate of drug-likeness (QED) is 0.483. The first-order valence-corrected chi connectivity index (χ1v) is 6.91. The molecule has 0 radical (unpaired) electrons. The van der Waals surface area contributed by atoms with Gasteiger partial charge in [-0.25, -0.2) is 4.79 Å². The molecule has 0 bridgehead atoms. The largest absolute Gasteiger partial charge is 0.502 e. The molecular formula is C15H24O4. The Hall–Kier alpha value is -1.32. The lowest BCUT2D eigenvalue weighted by Gasteiger charge is -2.41. The molecule has 108 valence electrons. The Morgan fingerprint density at radius 3 is 2.58 bits per heavy atom. The second-order valence-electron chi connectivity index (χ2n) is 5.99. The van der Waals surface area contributed by atoms with Gasteiger partial charge >= 0.3 is 5.97 Å².